The lowest BCUT2D eigenvalue weighted by Gasteiger charge is -2.11. The lowest BCUT2D eigenvalue weighted by Crippen LogP contribution is -2.11. The second kappa shape index (κ2) is 8.75. The summed E-state index contributed by atoms with van der Waals surface area (Å²) in [6.45, 7) is 1.86. The van der Waals surface area contributed by atoms with E-state index in [4.69, 9.17) is 4.74 Å². The maximum atomic E-state index is 5.08. The van der Waals surface area contributed by atoms with Crippen LogP contribution in [0.25, 0.3) is 11.3 Å². The molecule has 0 fully saturated rings. The number of pyridine rings is 1. The Morgan fingerprint density at radius 1 is 0.960 bits per heavy atom. The van der Waals surface area contributed by atoms with Crippen LogP contribution in [-0.4, -0.2) is 35.2 Å². The maximum Gasteiger partial charge on any atom is 0.225 e. The average molecular weight is 335 g/mol. The summed E-state index contributed by atoms with van der Waals surface area (Å²) in [5.41, 5.74) is 2.84. The van der Waals surface area contributed by atoms with Gasteiger partial charge in [-0.25, -0.2) is 4.98 Å². The van der Waals surface area contributed by atoms with Gasteiger partial charge in [0.25, 0.3) is 0 Å². The first-order valence-corrected chi connectivity index (χ1v) is 8.16. The molecular formula is C19H21N5O. The van der Waals surface area contributed by atoms with Crippen molar-refractivity contribution in [1.29, 1.82) is 0 Å². The number of nitrogens with zero attached hydrogens (tertiary/aromatic N) is 3. The van der Waals surface area contributed by atoms with Crippen molar-refractivity contribution in [2.24, 2.45) is 0 Å². The van der Waals surface area contributed by atoms with Gasteiger partial charge in [0.1, 0.15) is 5.82 Å². The zero-order valence-electron chi connectivity index (χ0n) is 14.1. The molecule has 3 aromatic rings. The molecule has 2 N–H and O–H groups in total. The van der Waals surface area contributed by atoms with Crippen LogP contribution in [0.5, 0.6) is 0 Å². The normalized spacial score (nSPS) is 10.4. The Morgan fingerprint density at radius 3 is 2.56 bits per heavy atom. The Hall–Kier alpha value is -2.99. The molecule has 2 heterocycles. The molecular weight excluding hydrogens is 314 g/mol. The third-order valence-electron chi connectivity index (χ3n) is 3.56. The largest absolute Gasteiger partial charge is 0.383 e. The van der Waals surface area contributed by atoms with Crippen molar-refractivity contribution in [1.82, 2.24) is 15.0 Å². The lowest BCUT2D eigenvalue weighted by molar-refractivity contribution is 0.210. The average Bonchev–Trinajstić information content (AvgIpc) is 2.68. The van der Waals surface area contributed by atoms with E-state index in [0.29, 0.717) is 25.6 Å². The molecule has 0 unspecified atom stereocenters. The van der Waals surface area contributed by atoms with E-state index in [1.54, 1.807) is 13.3 Å². The predicted molar refractivity (Wildman–Crippen MR) is 99.4 cm³/mol. The number of hydrogen-bond acceptors (Lipinski definition) is 6. The highest BCUT2D eigenvalue weighted by atomic mass is 16.5. The van der Waals surface area contributed by atoms with Gasteiger partial charge in [-0.15, -0.1) is 0 Å². The van der Waals surface area contributed by atoms with Gasteiger partial charge in [-0.3, -0.25) is 4.98 Å². The Bertz CT molecular complexity index is 780. The van der Waals surface area contributed by atoms with Gasteiger partial charge in [0.15, 0.2) is 0 Å². The molecule has 0 amide bonds. The van der Waals surface area contributed by atoms with Gasteiger partial charge in [0, 0.05) is 31.5 Å². The summed E-state index contributed by atoms with van der Waals surface area (Å²) < 4.78 is 5.08. The molecule has 25 heavy (non-hydrogen) atoms. The van der Waals surface area contributed by atoms with Crippen molar-refractivity contribution >= 4 is 11.8 Å². The topological polar surface area (TPSA) is 72.0 Å². The quantitative estimate of drug-likeness (QED) is 0.616. The van der Waals surface area contributed by atoms with Gasteiger partial charge < -0.3 is 15.4 Å². The fraction of sp³-hybridized carbons (Fsp3) is 0.211. The van der Waals surface area contributed by atoms with Crippen LogP contribution in [0, 0.1) is 0 Å². The first-order chi connectivity index (χ1) is 12.3. The highest BCUT2D eigenvalue weighted by molar-refractivity contribution is 5.64. The van der Waals surface area contributed by atoms with E-state index in [-0.39, 0.29) is 0 Å². The SMILES string of the molecule is COCCNc1cc(-c2ccccc2)nc(NCc2ccccn2)n1. The van der Waals surface area contributed by atoms with Crippen LogP contribution >= 0.6 is 0 Å². The molecule has 0 radical (unpaired) electrons. The van der Waals surface area contributed by atoms with Gasteiger partial charge in [0.2, 0.25) is 5.95 Å². The van der Waals surface area contributed by atoms with Gasteiger partial charge in [0.05, 0.1) is 24.5 Å². The fourth-order valence-electron chi connectivity index (χ4n) is 2.33. The summed E-state index contributed by atoms with van der Waals surface area (Å²) in [6, 6.07) is 17.8. The first-order valence-electron chi connectivity index (χ1n) is 8.16. The van der Waals surface area contributed by atoms with Crippen LogP contribution in [0.15, 0.2) is 60.8 Å². The van der Waals surface area contributed by atoms with Crippen LogP contribution in [0.1, 0.15) is 5.69 Å². The number of rotatable bonds is 8. The summed E-state index contributed by atoms with van der Waals surface area (Å²) >= 11 is 0. The molecule has 0 spiro atoms. The van der Waals surface area contributed by atoms with Gasteiger partial charge >= 0.3 is 0 Å². The zero-order chi connectivity index (χ0) is 17.3. The van der Waals surface area contributed by atoms with E-state index in [2.05, 4.69) is 25.6 Å². The Morgan fingerprint density at radius 2 is 1.80 bits per heavy atom. The number of ether oxygens (including phenoxy) is 1. The van der Waals surface area contributed by atoms with Crippen molar-refractivity contribution in [3.05, 3.63) is 66.5 Å². The van der Waals surface area contributed by atoms with Crippen molar-refractivity contribution in [2.45, 2.75) is 6.54 Å². The third-order valence-corrected chi connectivity index (χ3v) is 3.56. The van der Waals surface area contributed by atoms with Crippen LogP contribution in [0.3, 0.4) is 0 Å². The molecule has 128 valence electrons. The van der Waals surface area contributed by atoms with Gasteiger partial charge in [-0.2, -0.15) is 4.98 Å². The molecule has 0 saturated carbocycles. The molecule has 3 rings (SSSR count). The minimum atomic E-state index is 0.562. The number of nitrogens with one attached hydrogen (secondary N) is 2. The first kappa shape index (κ1) is 16.9. The van der Waals surface area contributed by atoms with Gasteiger partial charge in [-0.05, 0) is 12.1 Å². The molecule has 1 aromatic carbocycles. The number of benzene rings is 1. The molecule has 0 bridgehead atoms. The minimum absolute atomic E-state index is 0.562. The Kier molecular flexibility index (Phi) is 5.90. The summed E-state index contributed by atoms with van der Waals surface area (Å²) in [7, 11) is 1.68. The van der Waals surface area contributed by atoms with Crippen molar-refractivity contribution in [3.63, 3.8) is 0 Å². The Labute approximate surface area is 147 Å². The van der Waals surface area contributed by atoms with E-state index < -0.39 is 0 Å². The zero-order valence-corrected chi connectivity index (χ0v) is 14.1. The van der Waals surface area contributed by atoms with Crippen molar-refractivity contribution in [3.8, 4) is 11.3 Å². The van der Waals surface area contributed by atoms with E-state index >= 15 is 0 Å². The highest BCUT2D eigenvalue weighted by Gasteiger charge is 2.07. The summed E-state index contributed by atoms with van der Waals surface area (Å²) in [4.78, 5) is 13.5. The predicted octanol–water partition coefficient (Wildman–Crippen LogP) is 3.21. The summed E-state index contributed by atoms with van der Waals surface area (Å²) in [5, 5.41) is 6.51. The van der Waals surface area contributed by atoms with Crippen molar-refractivity contribution < 1.29 is 4.74 Å². The number of methoxy groups -OCH3 is 1. The monoisotopic (exact) mass is 335 g/mol. The molecule has 6 nitrogen and oxygen atoms in total. The van der Waals surface area contributed by atoms with Crippen LogP contribution < -0.4 is 10.6 Å². The molecule has 6 heteroatoms. The van der Waals surface area contributed by atoms with E-state index in [9.17, 15) is 0 Å². The summed E-state index contributed by atoms with van der Waals surface area (Å²) in [6.07, 6.45) is 1.77. The molecule has 2 aromatic heterocycles. The van der Waals surface area contributed by atoms with Crippen LogP contribution in [0.2, 0.25) is 0 Å². The second-order valence-electron chi connectivity index (χ2n) is 5.42. The van der Waals surface area contributed by atoms with E-state index in [0.717, 1.165) is 22.8 Å². The highest BCUT2D eigenvalue weighted by Crippen LogP contribution is 2.21. The fourth-order valence-corrected chi connectivity index (χ4v) is 2.33. The number of anilines is 2. The van der Waals surface area contributed by atoms with Crippen LogP contribution in [0.4, 0.5) is 11.8 Å². The smallest absolute Gasteiger partial charge is 0.225 e. The minimum Gasteiger partial charge on any atom is -0.383 e. The number of hydrogen-bond donors (Lipinski definition) is 2. The van der Waals surface area contributed by atoms with Gasteiger partial charge in [-0.1, -0.05) is 36.4 Å². The molecule has 0 aliphatic rings. The Balaban J connectivity index is 1.81. The standard InChI is InChI=1S/C19H21N5O/c1-25-12-11-21-18-13-17(15-7-3-2-4-8-15)23-19(24-18)22-14-16-9-5-6-10-20-16/h2-10,13H,11-12,14H2,1H3,(H2,21,22,23,24). The van der Waals surface area contributed by atoms with Crippen molar-refractivity contribution in [2.75, 3.05) is 30.9 Å². The van der Waals surface area contributed by atoms with Crippen LogP contribution in [-0.2, 0) is 11.3 Å². The summed E-state index contributed by atoms with van der Waals surface area (Å²) in [5.74, 6) is 1.32. The lowest BCUT2D eigenvalue weighted by atomic mass is 10.1. The molecule has 0 saturated heterocycles. The number of aromatic nitrogens is 3. The third kappa shape index (κ3) is 4.99. The van der Waals surface area contributed by atoms with E-state index in [1.807, 2.05) is 54.6 Å². The molecule has 0 aliphatic carbocycles. The maximum absolute atomic E-state index is 5.08. The molecule has 0 atom stereocenters. The van der Waals surface area contributed by atoms with E-state index in [1.165, 1.54) is 0 Å². The second-order valence-corrected chi connectivity index (χ2v) is 5.42. The molecule has 0 aliphatic heterocycles.